The monoisotopic (exact) mass is 211 g/mol. The lowest BCUT2D eigenvalue weighted by molar-refractivity contribution is -0.148. The Morgan fingerprint density at radius 2 is 1.87 bits per heavy atom. The quantitative estimate of drug-likeness (QED) is 0.749. The molecule has 2 saturated carbocycles. The number of carboxylic acid groups (broad SMARTS) is 1. The lowest BCUT2D eigenvalue weighted by Crippen LogP contribution is -2.58. The van der Waals surface area contributed by atoms with Gasteiger partial charge in [-0.2, -0.15) is 0 Å². The van der Waals surface area contributed by atoms with Crippen molar-refractivity contribution >= 4 is 5.97 Å². The molecule has 0 unspecified atom stereocenters. The minimum absolute atomic E-state index is 0.558. The first kappa shape index (κ1) is 10.9. The zero-order valence-electron chi connectivity index (χ0n) is 9.30. The second kappa shape index (κ2) is 4.52. The number of rotatable bonds is 4. The number of hydrogen-bond donors (Lipinski definition) is 2. The fourth-order valence-electron chi connectivity index (χ4n) is 2.73. The van der Waals surface area contributed by atoms with Crippen molar-refractivity contribution < 1.29 is 9.90 Å². The molecule has 15 heavy (non-hydrogen) atoms. The molecule has 0 bridgehead atoms. The average Bonchev–Trinajstić information content (AvgIpc) is 2.17. The molecule has 0 heterocycles. The Bertz CT molecular complexity index is 230. The van der Waals surface area contributed by atoms with Crippen LogP contribution in [-0.4, -0.2) is 23.2 Å². The van der Waals surface area contributed by atoms with Crippen LogP contribution in [0.2, 0.25) is 0 Å². The van der Waals surface area contributed by atoms with Crippen LogP contribution >= 0.6 is 0 Å². The minimum Gasteiger partial charge on any atom is -0.480 e. The fraction of sp³-hybridized carbons (Fsp3) is 0.917. The van der Waals surface area contributed by atoms with Gasteiger partial charge < -0.3 is 10.4 Å². The summed E-state index contributed by atoms with van der Waals surface area (Å²) in [7, 11) is 0. The van der Waals surface area contributed by atoms with Gasteiger partial charge in [0.25, 0.3) is 0 Å². The molecule has 2 fully saturated rings. The van der Waals surface area contributed by atoms with E-state index in [0.29, 0.717) is 0 Å². The maximum Gasteiger partial charge on any atom is 0.323 e. The van der Waals surface area contributed by atoms with Crippen LogP contribution in [0, 0.1) is 5.92 Å². The first-order valence-electron chi connectivity index (χ1n) is 6.21. The molecule has 0 amide bonds. The highest BCUT2D eigenvalue weighted by molar-refractivity contribution is 5.79. The van der Waals surface area contributed by atoms with E-state index >= 15 is 0 Å². The van der Waals surface area contributed by atoms with E-state index in [4.69, 9.17) is 5.11 Å². The average molecular weight is 211 g/mol. The van der Waals surface area contributed by atoms with Crippen molar-refractivity contribution in [3.05, 3.63) is 0 Å². The van der Waals surface area contributed by atoms with E-state index in [2.05, 4.69) is 5.32 Å². The third-order valence-corrected chi connectivity index (χ3v) is 4.07. The highest BCUT2D eigenvalue weighted by Crippen LogP contribution is 2.33. The Morgan fingerprint density at radius 1 is 1.20 bits per heavy atom. The van der Waals surface area contributed by atoms with Gasteiger partial charge in [0.1, 0.15) is 5.54 Å². The molecule has 2 aliphatic rings. The Balaban J connectivity index is 1.78. The molecule has 0 aromatic rings. The number of carbonyl (C=O) groups is 1. The van der Waals surface area contributed by atoms with Crippen LogP contribution in [0.15, 0.2) is 0 Å². The van der Waals surface area contributed by atoms with Gasteiger partial charge in [0.15, 0.2) is 0 Å². The van der Waals surface area contributed by atoms with E-state index in [1.54, 1.807) is 0 Å². The van der Waals surface area contributed by atoms with E-state index in [1.165, 1.54) is 32.1 Å². The fourth-order valence-corrected chi connectivity index (χ4v) is 2.73. The van der Waals surface area contributed by atoms with E-state index in [0.717, 1.165) is 31.7 Å². The molecule has 0 spiro atoms. The maximum absolute atomic E-state index is 11.1. The molecular formula is C12H21NO2. The number of nitrogens with one attached hydrogen (secondary N) is 1. The Morgan fingerprint density at radius 3 is 2.33 bits per heavy atom. The summed E-state index contributed by atoms with van der Waals surface area (Å²) in [5.74, 6) is 0.0696. The molecule has 86 valence electrons. The lowest BCUT2D eigenvalue weighted by Gasteiger charge is -2.40. The molecule has 2 rings (SSSR count). The SMILES string of the molecule is O=C(O)C1(NCC2CCCCC2)CCC1. The molecule has 0 aromatic heterocycles. The topological polar surface area (TPSA) is 49.3 Å². The molecule has 0 aromatic carbocycles. The molecule has 0 aliphatic heterocycles. The highest BCUT2D eigenvalue weighted by atomic mass is 16.4. The van der Waals surface area contributed by atoms with Crippen LogP contribution in [0.1, 0.15) is 51.4 Å². The standard InChI is InChI=1S/C12H21NO2/c14-11(15)12(7-4-8-12)13-9-10-5-2-1-3-6-10/h10,13H,1-9H2,(H,14,15). The normalized spacial score (nSPS) is 25.9. The van der Waals surface area contributed by atoms with Crippen LogP contribution in [0.4, 0.5) is 0 Å². The molecule has 2 N–H and O–H groups in total. The Kier molecular flexibility index (Phi) is 3.29. The van der Waals surface area contributed by atoms with Gasteiger partial charge in [0, 0.05) is 0 Å². The Labute approximate surface area is 91.2 Å². The third-order valence-electron chi connectivity index (χ3n) is 4.07. The molecule has 3 nitrogen and oxygen atoms in total. The van der Waals surface area contributed by atoms with Gasteiger partial charge in [-0.15, -0.1) is 0 Å². The van der Waals surface area contributed by atoms with E-state index < -0.39 is 11.5 Å². The van der Waals surface area contributed by atoms with Gasteiger partial charge in [0.05, 0.1) is 0 Å². The van der Waals surface area contributed by atoms with Crippen molar-refractivity contribution in [3.8, 4) is 0 Å². The first-order valence-corrected chi connectivity index (χ1v) is 6.21. The molecular weight excluding hydrogens is 190 g/mol. The predicted octanol–water partition coefficient (Wildman–Crippen LogP) is 2.16. The third kappa shape index (κ3) is 2.33. The van der Waals surface area contributed by atoms with Crippen LogP contribution in [-0.2, 0) is 4.79 Å². The zero-order chi connectivity index (χ0) is 10.7. The van der Waals surface area contributed by atoms with Crippen LogP contribution in [0.3, 0.4) is 0 Å². The van der Waals surface area contributed by atoms with Gasteiger partial charge in [-0.05, 0) is 44.6 Å². The lowest BCUT2D eigenvalue weighted by atomic mass is 9.76. The summed E-state index contributed by atoms with van der Waals surface area (Å²) in [6.07, 6.45) is 9.26. The molecule has 3 heteroatoms. The smallest absolute Gasteiger partial charge is 0.323 e. The number of carboxylic acids is 1. The first-order chi connectivity index (χ1) is 7.23. The van der Waals surface area contributed by atoms with Crippen molar-refractivity contribution in [2.45, 2.75) is 56.9 Å². The summed E-state index contributed by atoms with van der Waals surface area (Å²) in [5.41, 5.74) is -0.558. The molecule has 0 radical (unpaired) electrons. The van der Waals surface area contributed by atoms with Crippen molar-refractivity contribution in [2.24, 2.45) is 5.92 Å². The number of aliphatic carboxylic acids is 1. The minimum atomic E-state index is -0.649. The van der Waals surface area contributed by atoms with Crippen LogP contribution in [0.25, 0.3) is 0 Å². The van der Waals surface area contributed by atoms with Crippen LogP contribution < -0.4 is 5.32 Å². The predicted molar refractivity (Wildman–Crippen MR) is 58.8 cm³/mol. The number of hydrogen-bond acceptors (Lipinski definition) is 2. The van der Waals surface area contributed by atoms with Crippen molar-refractivity contribution in [2.75, 3.05) is 6.54 Å². The molecule has 0 saturated heterocycles. The molecule has 0 atom stereocenters. The van der Waals surface area contributed by atoms with Gasteiger partial charge in [0.2, 0.25) is 0 Å². The van der Waals surface area contributed by atoms with Gasteiger partial charge in [-0.3, -0.25) is 4.79 Å². The Hall–Kier alpha value is -0.570. The summed E-state index contributed by atoms with van der Waals surface area (Å²) in [5, 5.41) is 12.5. The summed E-state index contributed by atoms with van der Waals surface area (Å²) in [6, 6.07) is 0. The van der Waals surface area contributed by atoms with E-state index in [1.807, 2.05) is 0 Å². The van der Waals surface area contributed by atoms with Gasteiger partial charge >= 0.3 is 5.97 Å². The second-order valence-electron chi connectivity index (χ2n) is 5.13. The van der Waals surface area contributed by atoms with E-state index in [-0.39, 0.29) is 0 Å². The summed E-state index contributed by atoms with van der Waals surface area (Å²) >= 11 is 0. The van der Waals surface area contributed by atoms with Gasteiger partial charge in [-0.1, -0.05) is 19.3 Å². The second-order valence-corrected chi connectivity index (χ2v) is 5.13. The van der Waals surface area contributed by atoms with Crippen molar-refractivity contribution in [3.63, 3.8) is 0 Å². The largest absolute Gasteiger partial charge is 0.480 e. The summed E-state index contributed by atoms with van der Waals surface area (Å²) < 4.78 is 0. The van der Waals surface area contributed by atoms with Crippen molar-refractivity contribution in [1.82, 2.24) is 5.32 Å². The van der Waals surface area contributed by atoms with Crippen molar-refractivity contribution in [1.29, 1.82) is 0 Å². The summed E-state index contributed by atoms with van der Waals surface area (Å²) in [4.78, 5) is 11.1. The maximum atomic E-state index is 11.1. The van der Waals surface area contributed by atoms with Crippen LogP contribution in [0.5, 0.6) is 0 Å². The zero-order valence-corrected chi connectivity index (χ0v) is 9.30. The van der Waals surface area contributed by atoms with E-state index in [9.17, 15) is 4.79 Å². The summed E-state index contributed by atoms with van der Waals surface area (Å²) in [6.45, 7) is 0.909. The molecule has 2 aliphatic carbocycles. The highest BCUT2D eigenvalue weighted by Gasteiger charge is 2.44. The van der Waals surface area contributed by atoms with Gasteiger partial charge in [-0.25, -0.2) is 0 Å².